The quantitative estimate of drug-likeness (QED) is 0.763. The molecule has 0 aliphatic carbocycles. The Kier molecular flexibility index (Phi) is 6.31. The lowest BCUT2D eigenvalue weighted by molar-refractivity contribution is -0.128. The smallest absolute Gasteiger partial charge is 0.229 e. The van der Waals surface area contributed by atoms with Crippen LogP contribution in [0.3, 0.4) is 0 Å². The molecule has 0 unspecified atom stereocenters. The predicted octanol–water partition coefficient (Wildman–Crippen LogP) is 4.00. The first kappa shape index (κ1) is 20.3. The van der Waals surface area contributed by atoms with Crippen molar-refractivity contribution in [2.75, 3.05) is 26.1 Å². The van der Waals surface area contributed by atoms with Crippen LogP contribution < -0.4 is 14.8 Å². The molecule has 0 radical (unpaired) electrons. The molecule has 0 bridgehead atoms. The molecule has 0 spiro atoms. The number of hydrogen-bond donors (Lipinski definition) is 1. The zero-order valence-corrected chi connectivity index (χ0v) is 17.0. The number of nitrogens with one attached hydrogen (secondary N) is 1. The van der Waals surface area contributed by atoms with Gasteiger partial charge in [0.2, 0.25) is 11.8 Å². The Labute approximate surface area is 173 Å². The number of amides is 2. The lowest BCUT2D eigenvalue weighted by atomic mass is 10.1. The predicted molar refractivity (Wildman–Crippen MR) is 108 cm³/mol. The number of likely N-dealkylation sites (tertiary alicyclic amines) is 1. The Balaban J connectivity index is 1.71. The van der Waals surface area contributed by atoms with Crippen LogP contribution in [0.25, 0.3) is 0 Å². The van der Waals surface area contributed by atoms with E-state index in [9.17, 15) is 9.59 Å². The molecule has 0 saturated carbocycles. The summed E-state index contributed by atoms with van der Waals surface area (Å²) in [7, 11) is 2.97. The zero-order valence-electron chi connectivity index (χ0n) is 15.5. The van der Waals surface area contributed by atoms with E-state index in [-0.39, 0.29) is 18.2 Å². The maximum absolute atomic E-state index is 12.7. The highest BCUT2D eigenvalue weighted by atomic mass is 35.5. The normalized spacial score (nSPS) is 16.2. The lowest BCUT2D eigenvalue weighted by Crippen LogP contribution is -2.28. The Hall–Kier alpha value is -2.44. The number of carbonyl (C=O) groups excluding carboxylic acids is 2. The Bertz CT molecular complexity index is 904. The molecule has 1 heterocycles. The van der Waals surface area contributed by atoms with E-state index in [4.69, 9.17) is 32.7 Å². The SMILES string of the molecule is COc1cc(NC(=O)[C@H]2CC(=O)N(Cc3ccccc3Cl)C2)c(OC)cc1Cl. The first-order valence-corrected chi connectivity index (χ1v) is 9.42. The van der Waals surface area contributed by atoms with Gasteiger partial charge in [-0.15, -0.1) is 0 Å². The van der Waals surface area contributed by atoms with Crippen molar-refractivity contribution >= 4 is 40.7 Å². The van der Waals surface area contributed by atoms with Crippen LogP contribution in [0.2, 0.25) is 10.0 Å². The molecule has 1 aliphatic heterocycles. The highest BCUT2D eigenvalue weighted by molar-refractivity contribution is 6.32. The molecule has 1 saturated heterocycles. The summed E-state index contributed by atoms with van der Waals surface area (Å²) in [6, 6.07) is 10.5. The highest BCUT2D eigenvalue weighted by Crippen LogP contribution is 2.36. The van der Waals surface area contributed by atoms with E-state index in [1.165, 1.54) is 14.2 Å². The number of benzene rings is 2. The van der Waals surface area contributed by atoms with E-state index in [0.29, 0.717) is 40.3 Å². The van der Waals surface area contributed by atoms with E-state index >= 15 is 0 Å². The third-order valence-electron chi connectivity index (χ3n) is 4.64. The van der Waals surface area contributed by atoms with Crippen LogP contribution in [0.4, 0.5) is 5.69 Å². The molecule has 1 aliphatic rings. The molecule has 148 valence electrons. The third-order valence-corrected chi connectivity index (χ3v) is 5.30. The molecule has 1 atom stereocenters. The average molecular weight is 423 g/mol. The molecule has 28 heavy (non-hydrogen) atoms. The largest absolute Gasteiger partial charge is 0.495 e. The van der Waals surface area contributed by atoms with Gasteiger partial charge in [0.15, 0.2) is 0 Å². The number of anilines is 1. The second-order valence-corrected chi connectivity index (χ2v) is 7.26. The molecule has 3 rings (SSSR count). The average Bonchev–Trinajstić information content (AvgIpc) is 3.05. The van der Waals surface area contributed by atoms with Crippen LogP contribution in [0.15, 0.2) is 36.4 Å². The fraction of sp³-hybridized carbons (Fsp3) is 0.300. The maximum atomic E-state index is 12.7. The summed E-state index contributed by atoms with van der Waals surface area (Å²) in [5.74, 6) is 0.0109. The first-order valence-electron chi connectivity index (χ1n) is 8.66. The number of halogens is 2. The highest BCUT2D eigenvalue weighted by Gasteiger charge is 2.34. The first-order chi connectivity index (χ1) is 13.4. The van der Waals surface area contributed by atoms with Gasteiger partial charge in [-0.2, -0.15) is 0 Å². The number of methoxy groups -OCH3 is 2. The van der Waals surface area contributed by atoms with Gasteiger partial charge in [0.1, 0.15) is 11.5 Å². The molecular formula is C20H20Cl2N2O4. The summed E-state index contributed by atoms with van der Waals surface area (Å²) in [4.78, 5) is 26.7. The monoisotopic (exact) mass is 422 g/mol. The van der Waals surface area contributed by atoms with E-state index in [1.54, 1.807) is 23.1 Å². The summed E-state index contributed by atoms with van der Waals surface area (Å²) in [6.07, 6.45) is 0.142. The minimum Gasteiger partial charge on any atom is -0.495 e. The van der Waals surface area contributed by atoms with Crippen molar-refractivity contribution in [3.05, 3.63) is 52.0 Å². The van der Waals surface area contributed by atoms with Crippen molar-refractivity contribution in [1.82, 2.24) is 4.90 Å². The van der Waals surface area contributed by atoms with Crippen LogP contribution in [0, 0.1) is 5.92 Å². The van der Waals surface area contributed by atoms with Crippen LogP contribution in [-0.4, -0.2) is 37.5 Å². The minimum absolute atomic E-state index is 0.0827. The Morgan fingerprint density at radius 2 is 1.86 bits per heavy atom. The second kappa shape index (κ2) is 8.71. The van der Waals surface area contributed by atoms with Crippen LogP contribution >= 0.6 is 23.2 Å². The molecule has 2 aromatic rings. The summed E-state index contributed by atoms with van der Waals surface area (Å²) >= 11 is 12.3. The second-order valence-electron chi connectivity index (χ2n) is 6.44. The molecular weight excluding hydrogens is 403 g/mol. The summed E-state index contributed by atoms with van der Waals surface area (Å²) in [5.41, 5.74) is 1.29. The minimum atomic E-state index is -0.471. The molecule has 1 fully saturated rings. The number of nitrogens with zero attached hydrogens (tertiary/aromatic N) is 1. The maximum Gasteiger partial charge on any atom is 0.229 e. The third kappa shape index (κ3) is 4.34. The van der Waals surface area contributed by atoms with E-state index < -0.39 is 5.92 Å². The van der Waals surface area contributed by atoms with Crippen LogP contribution in [-0.2, 0) is 16.1 Å². The van der Waals surface area contributed by atoms with Crippen molar-refractivity contribution < 1.29 is 19.1 Å². The molecule has 8 heteroatoms. The molecule has 0 aromatic heterocycles. The molecule has 2 aromatic carbocycles. The molecule has 2 amide bonds. The number of hydrogen-bond acceptors (Lipinski definition) is 4. The fourth-order valence-corrected chi connectivity index (χ4v) is 3.55. The van der Waals surface area contributed by atoms with E-state index in [2.05, 4.69) is 5.32 Å². The van der Waals surface area contributed by atoms with Crippen molar-refractivity contribution in [2.45, 2.75) is 13.0 Å². The van der Waals surface area contributed by atoms with Gasteiger partial charge >= 0.3 is 0 Å². The lowest BCUT2D eigenvalue weighted by Gasteiger charge is -2.18. The van der Waals surface area contributed by atoms with Gasteiger partial charge in [-0.1, -0.05) is 41.4 Å². The summed E-state index contributed by atoms with van der Waals surface area (Å²) in [5, 5.41) is 3.79. The van der Waals surface area contributed by atoms with E-state index in [1.807, 2.05) is 18.2 Å². The fourth-order valence-electron chi connectivity index (χ4n) is 3.13. The standard InChI is InChI=1S/C20H20Cl2N2O4/c1-27-17-9-16(18(28-2)8-15(17)22)23-20(26)13-7-19(25)24(11-13)10-12-5-3-4-6-14(12)21/h3-6,8-9,13H,7,10-11H2,1-2H3,(H,23,26)/t13-/m0/s1. The Morgan fingerprint density at radius 1 is 1.14 bits per heavy atom. The van der Waals surface area contributed by atoms with Gasteiger partial charge in [-0.25, -0.2) is 0 Å². The molecule has 1 N–H and O–H groups in total. The van der Waals surface area contributed by atoms with Crippen LogP contribution in [0.1, 0.15) is 12.0 Å². The van der Waals surface area contributed by atoms with Gasteiger partial charge in [0.05, 0.1) is 30.8 Å². The summed E-state index contributed by atoms with van der Waals surface area (Å²) < 4.78 is 10.5. The zero-order chi connectivity index (χ0) is 20.3. The van der Waals surface area contributed by atoms with Gasteiger partial charge in [-0.3, -0.25) is 9.59 Å². The van der Waals surface area contributed by atoms with Gasteiger partial charge in [0, 0.05) is 36.7 Å². The Morgan fingerprint density at radius 3 is 2.54 bits per heavy atom. The molecule has 6 nitrogen and oxygen atoms in total. The number of carbonyl (C=O) groups is 2. The number of ether oxygens (including phenoxy) is 2. The van der Waals surface area contributed by atoms with Crippen LogP contribution in [0.5, 0.6) is 11.5 Å². The topological polar surface area (TPSA) is 67.9 Å². The number of rotatable bonds is 6. The van der Waals surface area contributed by atoms with Gasteiger partial charge in [-0.05, 0) is 11.6 Å². The van der Waals surface area contributed by atoms with Gasteiger partial charge < -0.3 is 19.7 Å². The summed E-state index contributed by atoms with van der Waals surface area (Å²) in [6.45, 7) is 0.698. The van der Waals surface area contributed by atoms with Gasteiger partial charge in [0.25, 0.3) is 0 Å². The van der Waals surface area contributed by atoms with Crippen molar-refractivity contribution in [3.63, 3.8) is 0 Å². The van der Waals surface area contributed by atoms with Crippen molar-refractivity contribution in [1.29, 1.82) is 0 Å². The van der Waals surface area contributed by atoms with E-state index in [0.717, 1.165) is 5.56 Å². The van der Waals surface area contributed by atoms with Crippen molar-refractivity contribution in [2.24, 2.45) is 5.92 Å². The van der Waals surface area contributed by atoms with Crippen molar-refractivity contribution in [3.8, 4) is 11.5 Å².